The molecule has 0 bridgehead atoms. The first-order valence-corrected chi connectivity index (χ1v) is 3.45. The van der Waals surface area contributed by atoms with Crippen LogP contribution < -0.4 is 0 Å². The Kier molecular flexibility index (Phi) is 2.81. The van der Waals surface area contributed by atoms with E-state index in [9.17, 15) is 4.79 Å². The lowest BCUT2D eigenvalue weighted by atomic mass is 10.2. The Hall–Kier alpha value is -0.650. The van der Waals surface area contributed by atoms with Gasteiger partial charge in [-0.2, -0.15) is 0 Å². The highest BCUT2D eigenvalue weighted by Crippen LogP contribution is 2.17. The predicted molar refractivity (Wildman–Crippen MR) is 35.5 cm³/mol. The minimum atomic E-state index is -0.440. The first kappa shape index (κ1) is 8.45. The topological polar surface area (TPSA) is 59.0 Å². The van der Waals surface area contributed by atoms with Crippen LogP contribution in [0.25, 0.3) is 0 Å². The normalized spacial score (nSPS) is 25.5. The van der Waals surface area contributed by atoms with Gasteiger partial charge in [0.2, 0.25) is 0 Å². The molecule has 0 aromatic rings. The van der Waals surface area contributed by atoms with Crippen molar-refractivity contribution in [1.82, 2.24) is 5.06 Å². The van der Waals surface area contributed by atoms with Gasteiger partial charge in [0.25, 0.3) is 0 Å². The molecule has 1 N–H and O–H groups in total. The van der Waals surface area contributed by atoms with Crippen LogP contribution in [-0.4, -0.2) is 36.0 Å². The van der Waals surface area contributed by atoms with Crippen molar-refractivity contribution < 1.29 is 19.8 Å². The second kappa shape index (κ2) is 3.66. The number of methoxy groups -OCH3 is 1. The molecular weight excluding hydrogens is 150 g/mol. The number of esters is 1. The molecule has 1 aliphatic rings. The molecule has 5 heteroatoms. The van der Waals surface area contributed by atoms with E-state index in [4.69, 9.17) is 5.26 Å². The molecule has 0 aromatic carbocycles. The molecule has 0 unspecified atom stereocenters. The van der Waals surface area contributed by atoms with Crippen LogP contribution in [0.15, 0.2) is 0 Å². The standard InChI is InChI=1S/C6H11NO4/c1-10-6(8)5-3-2-4-7(5)11-9/h5,9H,2-4H2,1H3/t5-/m1/s1. The number of carbonyl (C=O) groups is 1. The van der Waals surface area contributed by atoms with Crippen LogP contribution >= 0.6 is 0 Å². The lowest BCUT2D eigenvalue weighted by Crippen LogP contribution is -2.36. The molecule has 1 heterocycles. The van der Waals surface area contributed by atoms with Gasteiger partial charge in [-0.1, -0.05) is 0 Å². The maximum atomic E-state index is 10.9. The van der Waals surface area contributed by atoms with Gasteiger partial charge in [-0.25, -0.2) is 5.26 Å². The largest absolute Gasteiger partial charge is 0.468 e. The summed E-state index contributed by atoms with van der Waals surface area (Å²) < 4.78 is 4.49. The summed E-state index contributed by atoms with van der Waals surface area (Å²) >= 11 is 0. The first-order chi connectivity index (χ1) is 5.29. The molecule has 1 fully saturated rings. The first-order valence-electron chi connectivity index (χ1n) is 3.45. The smallest absolute Gasteiger partial charge is 0.325 e. The molecule has 0 saturated carbocycles. The third-order valence-corrected chi connectivity index (χ3v) is 1.78. The van der Waals surface area contributed by atoms with E-state index in [0.717, 1.165) is 6.42 Å². The van der Waals surface area contributed by atoms with Crippen LogP contribution in [0.1, 0.15) is 12.8 Å². The lowest BCUT2D eigenvalue weighted by molar-refractivity contribution is -0.398. The summed E-state index contributed by atoms with van der Waals surface area (Å²) in [6.45, 7) is 0.566. The van der Waals surface area contributed by atoms with E-state index in [-0.39, 0.29) is 5.97 Å². The summed E-state index contributed by atoms with van der Waals surface area (Å²) in [4.78, 5) is 14.9. The highest BCUT2D eigenvalue weighted by atomic mass is 17.2. The molecular formula is C6H11NO4. The van der Waals surface area contributed by atoms with Crippen LogP contribution in [0.2, 0.25) is 0 Å². The Bertz CT molecular complexity index is 150. The molecule has 64 valence electrons. The molecule has 1 atom stereocenters. The second-order valence-electron chi connectivity index (χ2n) is 2.40. The fraction of sp³-hybridized carbons (Fsp3) is 0.833. The molecule has 1 aliphatic heterocycles. The van der Waals surface area contributed by atoms with E-state index < -0.39 is 6.04 Å². The van der Waals surface area contributed by atoms with Crippen LogP contribution in [0.5, 0.6) is 0 Å². The number of rotatable bonds is 2. The molecule has 1 saturated heterocycles. The zero-order chi connectivity index (χ0) is 8.27. The maximum Gasteiger partial charge on any atom is 0.325 e. The van der Waals surface area contributed by atoms with Crippen molar-refractivity contribution in [1.29, 1.82) is 0 Å². The molecule has 0 aromatic heterocycles. The zero-order valence-electron chi connectivity index (χ0n) is 6.32. The van der Waals surface area contributed by atoms with Gasteiger partial charge < -0.3 is 4.74 Å². The molecule has 1 rings (SSSR count). The summed E-state index contributed by atoms with van der Waals surface area (Å²) in [6, 6.07) is -0.440. The van der Waals surface area contributed by atoms with Crippen molar-refractivity contribution >= 4 is 5.97 Å². The number of nitrogens with zero attached hydrogens (tertiary/aromatic N) is 1. The molecule has 5 nitrogen and oxygen atoms in total. The van der Waals surface area contributed by atoms with E-state index in [1.54, 1.807) is 0 Å². The predicted octanol–water partition coefficient (Wildman–Crippen LogP) is 0.0284. The number of hydroxylamine groups is 2. The number of carbonyl (C=O) groups excluding carboxylic acids is 1. The number of hydrogen-bond donors (Lipinski definition) is 1. The van der Waals surface area contributed by atoms with Crippen molar-refractivity contribution in [3.63, 3.8) is 0 Å². The van der Waals surface area contributed by atoms with Crippen molar-refractivity contribution in [2.75, 3.05) is 13.7 Å². The summed E-state index contributed by atoms with van der Waals surface area (Å²) in [5.74, 6) is -0.364. The molecule has 0 radical (unpaired) electrons. The van der Waals surface area contributed by atoms with Crippen LogP contribution in [-0.2, 0) is 14.5 Å². The molecule has 0 spiro atoms. The van der Waals surface area contributed by atoms with Gasteiger partial charge in [-0.05, 0) is 12.8 Å². The van der Waals surface area contributed by atoms with Crippen LogP contribution in [0.4, 0.5) is 0 Å². The fourth-order valence-corrected chi connectivity index (χ4v) is 1.21. The third-order valence-electron chi connectivity index (χ3n) is 1.78. The van der Waals surface area contributed by atoms with Gasteiger partial charge in [-0.3, -0.25) is 4.79 Å². The monoisotopic (exact) mass is 161 g/mol. The second-order valence-corrected chi connectivity index (χ2v) is 2.40. The van der Waals surface area contributed by atoms with Gasteiger partial charge in [-0.15, -0.1) is 10.1 Å². The van der Waals surface area contributed by atoms with Gasteiger partial charge >= 0.3 is 5.97 Å². The van der Waals surface area contributed by atoms with Crippen molar-refractivity contribution in [3.05, 3.63) is 0 Å². The Morgan fingerprint density at radius 1 is 1.73 bits per heavy atom. The van der Waals surface area contributed by atoms with Crippen molar-refractivity contribution in [3.8, 4) is 0 Å². The summed E-state index contributed by atoms with van der Waals surface area (Å²) in [6.07, 6.45) is 1.51. The summed E-state index contributed by atoms with van der Waals surface area (Å²) in [5, 5.41) is 9.51. The van der Waals surface area contributed by atoms with E-state index in [1.165, 1.54) is 12.2 Å². The van der Waals surface area contributed by atoms with E-state index in [0.29, 0.717) is 13.0 Å². The van der Waals surface area contributed by atoms with E-state index in [1.807, 2.05) is 0 Å². The van der Waals surface area contributed by atoms with Crippen molar-refractivity contribution in [2.24, 2.45) is 0 Å². The minimum absolute atomic E-state index is 0.364. The highest BCUT2D eigenvalue weighted by molar-refractivity contribution is 5.75. The Morgan fingerprint density at radius 3 is 3.00 bits per heavy atom. The van der Waals surface area contributed by atoms with Crippen molar-refractivity contribution in [2.45, 2.75) is 18.9 Å². The molecule has 0 aliphatic carbocycles. The van der Waals surface area contributed by atoms with E-state index >= 15 is 0 Å². The molecule has 11 heavy (non-hydrogen) atoms. The lowest BCUT2D eigenvalue weighted by Gasteiger charge is -2.16. The number of ether oxygens (including phenoxy) is 1. The van der Waals surface area contributed by atoms with E-state index in [2.05, 4.69) is 9.73 Å². The summed E-state index contributed by atoms with van der Waals surface area (Å²) in [5.41, 5.74) is 0. The molecule has 0 amide bonds. The Labute approximate surface area is 64.4 Å². The summed E-state index contributed by atoms with van der Waals surface area (Å²) in [7, 11) is 1.32. The average Bonchev–Trinajstić information content (AvgIpc) is 2.50. The minimum Gasteiger partial charge on any atom is -0.468 e. The van der Waals surface area contributed by atoms with Crippen LogP contribution in [0.3, 0.4) is 0 Å². The van der Waals surface area contributed by atoms with Gasteiger partial charge in [0.05, 0.1) is 7.11 Å². The SMILES string of the molecule is COC(=O)[C@H]1CCCN1OO. The zero-order valence-corrected chi connectivity index (χ0v) is 6.32. The highest BCUT2D eigenvalue weighted by Gasteiger charge is 2.32. The maximum absolute atomic E-state index is 10.9. The van der Waals surface area contributed by atoms with Gasteiger partial charge in [0, 0.05) is 6.54 Å². The fourth-order valence-electron chi connectivity index (χ4n) is 1.21. The number of hydrogen-bond acceptors (Lipinski definition) is 5. The third kappa shape index (κ3) is 1.68. The van der Waals surface area contributed by atoms with Gasteiger partial charge in [0.1, 0.15) is 6.04 Å². The Morgan fingerprint density at radius 2 is 2.45 bits per heavy atom. The van der Waals surface area contributed by atoms with Crippen LogP contribution in [0, 0.1) is 0 Å². The quantitative estimate of drug-likeness (QED) is 0.351. The average molecular weight is 161 g/mol. The van der Waals surface area contributed by atoms with Gasteiger partial charge in [0.15, 0.2) is 0 Å². The Balaban J connectivity index is 2.49.